The number of rotatable bonds is 2. The van der Waals surface area contributed by atoms with Crippen LogP contribution < -0.4 is 5.73 Å². The zero-order chi connectivity index (χ0) is 10.7. The van der Waals surface area contributed by atoms with Gasteiger partial charge in [0.1, 0.15) is 5.82 Å². The van der Waals surface area contributed by atoms with E-state index < -0.39 is 12.0 Å². The first kappa shape index (κ1) is 10.7. The molecule has 14 heavy (non-hydrogen) atoms. The molecule has 0 bridgehead atoms. The van der Waals surface area contributed by atoms with Crippen LogP contribution in [0.2, 0.25) is 0 Å². The topological polar surface area (TPSA) is 62.7 Å². The summed E-state index contributed by atoms with van der Waals surface area (Å²) in [4.78, 5) is 3.64. The normalized spacial score (nSPS) is 10.2. The number of nitrogens with zero attached hydrogens (tertiary/aromatic N) is 2. The van der Waals surface area contributed by atoms with Gasteiger partial charge >= 0.3 is 0 Å². The lowest BCUT2D eigenvalue weighted by Gasteiger charge is -2.08. The molecule has 0 atom stereocenters. The van der Waals surface area contributed by atoms with Gasteiger partial charge in [-0.15, -0.1) is 11.6 Å². The number of anilines is 1. The Hall–Kier alpha value is -1.41. The standard InChI is InChI=1S/C8H6ClF2N3/c9-2-5-7(8(10)11)4(3-12)1-6(13)14-5/h1,8H,2H2,(H2,13,14). The minimum Gasteiger partial charge on any atom is -0.384 e. The third-order valence-electron chi connectivity index (χ3n) is 1.62. The molecule has 0 fully saturated rings. The first-order valence-corrected chi connectivity index (χ1v) is 4.17. The van der Waals surface area contributed by atoms with Crippen molar-refractivity contribution in [2.75, 3.05) is 5.73 Å². The van der Waals surface area contributed by atoms with Crippen molar-refractivity contribution in [3.8, 4) is 6.07 Å². The van der Waals surface area contributed by atoms with Crippen molar-refractivity contribution < 1.29 is 8.78 Å². The fourth-order valence-corrected chi connectivity index (χ4v) is 1.27. The summed E-state index contributed by atoms with van der Waals surface area (Å²) in [5.41, 5.74) is 4.66. The Morgan fingerprint density at radius 2 is 2.29 bits per heavy atom. The van der Waals surface area contributed by atoms with Crippen LogP contribution in [0.25, 0.3) is 0 Å². The van der Waals surface area contributed by atoms with Gasteiger partial charge in [-0.05, 0) is 6.07 Å². The fourth-order valence-electron chi connectivity index (χ4n) is 1.07. The molecule has 0 amide bonds. The number of halogens is 3. The van der Waals surface area contributed by atoms with Crippen molar-refractivity contribution >= 4 is 17.4 Å². The van der Waals surface area contributed by atoms with Gasteiger partial charge in [-0.25, -0.2) is 13.8 Å². The van der Waals surface area contributed by atoms with Crippen LogP contribution in [0.1, 0.15) is 23.2 Å². The summed E-state index contributed by atoms with van der Waals surface area (Å²) in [6, 6.07) is 2.74. The highest BCUT2D eigenvalue weighted by molar-refractivity contribution is 6.17. The van der Waals surface area contributed by atoms with Gasteiger partial charge in [0, 0.05) is 0 Å². The van der Waals surface area contributed by atoms with Gasteiger partial charge in [0.05, 0.1) is 28.8 Å². The van der Waals surface area contributed by atoms with Crippen molar-refractivity contribution in [3.63, 3.8) is 0 Å². The van der Waals surface area contributed by atoms with E-state index in [2.05, 4.69) is 4.98 Å². The largest absolute Gasteiger partial charge is 0.384 e. The molecule has 0 saturated heterocycles. The van der Waals surface area contributed by atoms with Crippen LogP contribution in [0.5, 0.6) is 0 Å². The maximum atomic E-state index is 12.5. The van der Waals surface area contributed by atoms with E-state index in [0.717, 1.165) is 6.07 Å². The molecule has 74 valence electrons. The molecular weight excluding hydrogens is 212 g/mol. The lowest BCUT2D eigenvalue weighted by Crippen LogP contribution is -2.03. The summed E-state index contributed by atoms with van der Waals surface area (Å²) in [5, 5.41) is 8.60. The van der Waals surface area contributed by atoms with E-state index in [1.165, 1.54) is 0 Å². The molecule has 3 nitrogen and oxygen atoms in total. The van der Waals surface area contributed by atoms with Crippen LogP contribution in [0, 0.1) is 11.3 Å². The van der Waals surface area contributed by atoms with E-state index in [1.54, 1.807) is 6.07 Å². The first-order valence-electron chi connectivity index (χ1n) is 3.63. The zero-order valence-electron chi connectivity index (χ0n) is 6.97. The lowest BCUT2D eigenvalue weighted by atomic mass is 10.1. The Morgan fingerprint density at radius 3 is 2.71 bits per heavy atom. The van der Waals surface area contributed by atoms with E-state index in [0.29, 0.717) is 0 Å². The molecule has 6 heteroatoms. The van der Waals surface area contributed by atoms with E-state index >= 15 is 0 Å². The maximum absolute atomic E-state index is 12.5. The van der Waals surface area contributed by atoms with Crippen molar-refractivity contribution in [1.82, 2.24) is 4.98 Å². The van der Waals surface area contributed by atoms with Crippen molar-refractivity contribution in [2.45, 2.75) is 12.3 Å². The summed E-state index contributed by atoms with van der Waals surface area (Å²) in [7, 11) is 0. The van der Waals surface area contributed by atoms with Gasteiger partial charge in [0.2, 0.25) is 0 Å². The molecule has 1 aromatic heterocycles. The number of hydrogen-bond acceptors (Lipinski definition) is 3. The number of aromatic nitrogens is 1. The highest BCUT2D eigenvalue weighted by Gasteiger charge is 2.19. The molecule has 0 aliphatic carbocycles. The molecule has 1 aromatic rings. The highest BCUT2D eigenvalue weighted by Crippen LogP contribution is 2.27. The summed E-state index contributed by atoms with van der Waals surface area (Å²) < 4.78 is 25.0. The molecule has 0 saturated carbocycles. The Morgan fingerprint density at radius 1 is 1.64 bits per heavy atom. The van der Waals surface area contributed by atoms with Crippen molar-refractivity contribution in [2.24, 2.45) is 0 Å². The van der Waals surface area contributed by atoms with Gasteiger partial charge < -0.3 is 5.73 Å². The number of pyridine rings is 1. The van der Waals surface area contributed by atoms with Gasteiger partial charge in [-0.2, -0.15) is 5.26 Å². The second kappa shape index (κ2) is 4.20. The van der Waals surface area contributed by atoms with Gasteiger partial charge in [-0.1, -0.05) is 0 Å². The summed E-state index contributed by atoms with van der Waals surface area (Å²) in [6.45, 7) is 0. The molecule has 0 radical (unpaired) electrons. The van der Waals surface area contributed by atoms with Gasteiger partial charge in [-0.3, -0.25) is 0 Å². The second-order valence-corrected chi connectivity index (χ2v) is 2.77. The van der Waals surface area contributed by atoms with Gasteiger partial charge in [0.25, 0.3) is 6.43 Å². The maximum Gasteiger partial charge on any atom is 0.266 e. The first-order chi connectivity index (χ1) is 6.60. The van der Waals surface area contributed by atoms with Crippen molar-refractivity contribution in [1.29, 1.82) is 5.26 Å². The smallest absolute Gasteiger partial charge is 0.266 e. The lowest BCUT2D eigenvalue weighted by molar-refractivity contribution is 0.149. The number of nitrogen functional groups attached to an aromatic ring is 1. The van der Waals surface area contributed by atoms with Crippen LogP contribution in [0.3, 0.4) is 0 Å². The van der Waals surface area contributed by atoms with Crippen molar-refractivity contribution in [3.05, 3.63) is 22.9 Å². The average Bonchev–Trinajstić information content (AvgIpc) is 2.15. The number of alkyl halides is 3. The highest BCUT2D eigenvalue weighted by atomic mass is 35.5. The number of hydrogen-bond donors (Lipinski definition) is 1. The monoisotopic (exact) mass is 217 g/mol. The van der Waals surface area contributed by atoms with E-state index in [9.17, 15) is 8.78 Å². The Kier molecular flexibility index (Phi) is 3.20. The molecule has 0 aliphatic rings. The molecule has 1 rings (SSSR count). The van der Waals surface area contributed by atoms with Crippen LogP contribution in [0.15, 0.2) is 6.07 Å². The molecule has 2 N–H and O–H groups in total. The van der Waals surface area contributed by atoms with Crippen LogP contribution in [-0.2, 0) is 5.88 Å². The predicted molar refractivity (Wildman–Crippen MR) is 47.9 cm³/mol. The molecule has 0 aromatic carbocycles. The van der Waals surface area contributed by atoms with E-state index in [4.69, 9.17) is 22.6 Å². The Balaban J connectivity index is 3.42. The minimum atomic E-state index is -2.77. The SMILES string of the molecule is N#Cc1cc(N)nc(CCl)c1C(F)F. The average molecular weight is 218 g/mol. The zero-order valence-corrected chi connectivity index (χ0v) is 7.72. The summed E-state index contributed by atoms with van der Waals surface area (Å²) in [6.07, 6.45) is -2.77. The van der Waals surface area contributed by atoms with Crippen LogP contribution in [-0.4, -0.2) is 4.98 Å². The number of nitrogens with two attached hydrogens (primary N) is 1. The van der Waals surface area contributed by atoms with Crippen LogP contribution >= 0.6 is 11.6 Å². The third kappa shape index (κ3) is 1.91. The predicted octanol–water partition coefficient (Wildman–Crippen LogP) is 2.21. The molecule has 1 heterocycles. The van der Waals surface area contributed by atoms with E-state index in [1.807, 2.05) is 0 Å². The summed E-state index contributed by atoms with van der Waals surface area (Å²) >= 11 is 5.42. The fraction of sp³-hybridized carbons (Fsp3) is 0.250. The molecule has 0 unspecified atom stereocenters. The molecule has 0 spiro atoms. The van der Waals surface area contributed by atoms with Gasteiger partial charge in [0.15, 0.2) is 0 Å². The molecule has 0 aliphatic heterocycles. The summed E-state index contributed by atoms with van der Waals surface area (Å²) in [5.74, 6) is -0.180. The minimum absolute atomic E-state index is 0.0154. The Bertz CT molecular complexity index is 387. The number of nitriles is 1. The third-order valence-corrected chi connectivity index (χ3v) is 1.88. The Labute approximate surface area is 84.1 Å². The van der Waals surface area contributed by atoms with Crippen LogP contribution in [0.4, 0.5) is 14.6 Å². The van der Waals surface area contributed by atoms with E-state index in [-0.39, 0.29) is 23.0 Å². The second-order valence-electron chi connectivity index (χ2n) is 2.50. The quantitative estimate of drug-likeness (QED) is 0.773. The molecular formula is C8H6ClF2N3.